The zero-order valence-electron chi connectivity index (χ0n) is 75.7. The first-order valence-corrected chi connectivity index (χ1v) is 42.4. The first-order valence-electron chi connectivity index (χ1n) is 38.5. The van der Waals surface area contributed by atoms with E-state index in [-0.39, 0.29) is 158 Å². The van der Waals surface area contributed by atoms with Crippen molar-refractivity contribution in [1.29, 1.82) is 0 Å². The number of halogens is 1. The molecule has 10 aromatic carbocycles. The molecule has 26 heteroatoms. The third-order valence-corrected chi connectivity index (χ3v) is 18.0. The van der Waals surface area contributed by atoms with E-state index in [0.29, 0.717) is 74.1 Å². The van der Waals surface area contributed by atoms with Crippen LogP contribution in [0, 0.1) is 0 Å². The van der Waals surface area contributed by atoms with Crippen LogP contribution in [0.3, 0.4) is 0 Å². The van der Waals surface area contributed by atoms with Gasteiger partial charge in [-0.15, -0.1) is 11.6 Å². The summed E-state index contributed by atoms with van der Waals surface area (Å²) in [6.07, 6.45) is -0.431. The van der Waals surface area contributed by atoms with Crippen LogP contribution in [-0.4, -0.2) is 82.1 Å². The van der Waals surface area contributed by atoms with Crippen LogP contribution in [0.25, 0.3) is 55.6 Å². The Labute approximate surface area is 837 Å². The average molecular weight is 1820 g/mol. The molecule has 127 heavy (non-hydrogen) atoms. The fraction of sp³-hybridized carbons (Fsp3) is 0.198. The minimum Gasteiger partial charge on any atom is -1.00 e. The number of esters is 4. The molecule has 22 nitrogen and oxygen atoms in total. The van der Waals surface area contributed by atoms with Crippen LogP contribution in [0.15, 0.2) is 326 Å². The van der Waals surface area contributed by atoms with Gasteiger partial charge in [-0.05, 0) is 294 Å². The van der Waals surface area contributed by atoms with E-state index in [2.05, 4.69) is 50.8 Å². The molecule has 2 atom stereocenters. The van der Waals surface area contributed by atoms with Crippen molar-refractivity contribution in [1.82, 2.24) is 0 Å². The average Bonchev–Trinajstić information content (AvgIpc) is 0.851. The quantitative estimate of drug-likeness (QED) is 0.00450. The van der Waals surface area contributed by atoms with Gasteiger partial charge in [-0.25, -0.2) is 19.2 Å². The van der Waals surface area contributed by atoms with Crippen molar-refractivity contribution in [2.45, 2.75) is 135 Å². The first-order chi connectivity index (χ1) is 58.4. The normalized spacial score (nSPS) is 11.1. The van der Waals surface area contributed by atoms with Crippen LogP contribution in [0.1, 0.15) is 106 Å². The van der Waals surface area contributed by atoms with Gasteiger partial charge in [-0.3, -0.25) is 14.4 Å². The fourth-order valence-electron chi connectivity index (χ4n) is 9.47. The molecule has 0 bridgehead atoms. The molecule has 0 aliphatic rings. The van der Waals surface area contributed by atoms with E-state index in [4.69, 9.17) is 74.2 Å². The van der Waals surface area contributed by atoms with E-state index in [1.54, 1.807) is 142 Å². The number of allylic oxidation sites excluding steroid dienone is 6. The summed E-state index contributed by atoms with van der Waals surface area (Å²) in [6, 6.07) is 72.8. The number of alkyl halides is 1. The molecule has 4 N–H and O–H groups in total. The number of hydrogen-bond acceptors (Lipinski definition) is 22. The van der Waals surface area contributed by atoms with Gasteiger partial charge in [0.25, 0.3) is 6.47 Å². The van der Waals surface area contributed by atoms with Gasteiger partial charge in [-0.1, -0.05) is 155 Å². The number of Topliss-reactive ketones (excluding diaryl/α,β-unsaturated/α-hetero) is 2. The Bertz CT molecular complexity index is 5140. The molecular formula is C101H111ClK2O22Si. The van der Waals surface area contributed by atoms with Crippen molar-refractivity contribution in [2.24, 2.45) is 0 Å². The molecule has 2 unspecified atom stereocenters. The van der Waals surface area contributed by atoms with Crippen molar-refractivity contribution < 1.29 is 211 Å². The summed E-state index contributed by atoms with van der Waals surface area (Å²) in [5.74, 6) is 6.12. The third kappa shape index (κ3) is 43.9. The zero-order chi connectivity index (χ0) is 92.5. The number of aromatic hydroxyl groups is 4. The van der Waals surface area contributed by atoms with Crippen LogP contribution in [-0.2, 0) is 52.3 Å². The van der Waals surface area contributed by atoms with Crippen LogP contribution >= 0.6 is 11.6 Å². The smallest absolute Gasteiger partial charge is 1.00 e. The summed E-state index contributed by atoms with van der Waals surface area (Å²) >= 11 is 5.26. The molecule has 0 aromatic heterocycles. The standard InChI is InChI=1S/2C24H24O5.C19H24O3Si.C16H16O3.C12H10O2.C4H7ClO.CH2O3.CH4.2K.H/c2*1-15(2)23(25)28-18(6)17(5)27-21-11-7-19(8-12-21)20-9-13-22(14-10-20)29-24(26)16(3)4;1-14(15(2)22-23(3,4)5)21-19-12-8-17(9-13-19)16-6-10-18(20)11-7-16;1-11(17)12(2)19-16-9-5-14(6-10-16)13-3-7-15(18)8-4-13;13-11-5-1-9(2-6-11)10-3-7-12(14)8-4-10;1-3(5)4(2)6;2-1-4-3;;;;/h2*7-14H,1,3H2,2,4-6H3;6-13,20H,1-5H3;3-10,12,18H,1-2H3;1-8,13-14H;3H,1-2H3;1,3H;1H4;;;/q;;;;;;;;2*+1;-1/p-1/b18-17+;18-17-;;;;;;;;;. The van der Waals surface area contributed by atoms with E-state index < -0.39 is 38.3 Å². The number of phenolic OH excluding ortho intramolecular Hbond substituents is 4. The van der Waals surface area contributed by atoms with E-state index in [0.717, 1.165) is 72.9 Å². The van der Waals surface area contributed by atoms with Crippen molar-refractivity contribution >= 4 is 61.8 Å². The van der Waals surface area contributed by atoms with E-state index in [1.807, 2.05) is 184 Å². The van der Waals surface area contributed by atoms with Crippen molar-refractivity contribution in [2.75, 3.05) is 0 Å². The maximum absolute atomic E-state index is 11.6. The summed E-state index contributed by atoms with van der Waals surface area (Å²) in [7, 11) is -1.62. The third-order valence-electron chi connectivity index (χ3n) is 16.8. The van der Waals surface area contributed by atoms with Gasteiger partial charge in [-0.2, -0.15) is 0 Å². The van der Waals surface area contributed by atoms with Gasteiger partial charge < -0.3 is 74.3 Å². The Kier molecular flexibility index (Phi) is 52.4. The van der Waals surface area contributed by atoms with Gasteiger partial charge >= 0.3 is 127 Å². The van der Waals surface area contributed by atoms with E-state index in [1.165, 1.54) is 13.8 Å². The summed E-state index contributed by atoms with van der Waals surface area (Å²) < 4.78 is 49.5. The van der Waals surface area contributed by atoms with E-state index in [9.17, 15) is 39.0 Å². The Balaban J connectivity index is 0.00000154. The summed E-state index contributed by atoms with van der Waals surface area (Å²) in [6.45, 7) is 43.9. The van der Waals surface area contributed by atoms with Crippen LogP contribution < -0.4 is 136 Å². The molecule has 0 saturated heterocycles. The van der Waals surface area contributed by atoms with Crippen molar-refractivity contribution in [3.05, 3.63) is 326 Å². The minimum atomic E-state index is -1.62. The topological polar surface area (TPSA) is 316 Å². The zero-order valence-corrected chi connectivity index (χ0v) is 82.7. The SMILES string of the molecule is C.C=C(C)C(=O)O/C(C)=C(/C)Oc1ccc(-c2ccc(OC(=O)C(=C)C)cc2)cc1.C=C(C)C(=O)O/C(C)=C(\C)Oc1ccc(-c2ccc(OC(=O)C(=C)C)cc2)cc1.CC(=O)C(C)Cl.CC(=O)C(C)Oc1ccc(-c2ccc(O)cc2)cc1.CC(Oc1ccc(-c2ccc(O)cc2)cc1)=C(C)O[Si](C)(C)C.O=CO[O-].Oc1ccc(-c2ccc(O)cc2)cc1.[H-].[K+].[K+]. The first kappa shape index (κ1) is 114. The predicted molar refractivity (Wildman–Crippen MR) is 492 cm³/mol. The van der Waals surface area contributed by atoms with Gasteiger partial charge in [0.1, 0.15) is 97.8 Å². The number of phenols is 4. The molecule has 0 heterocycles. The molecule has 10 aromatic rings. The molecule has 0 aliphatic heterocycles. The van der Waals surface area contributed by atoms with Crippen molar-refractivity contribution in [3.63, 3.8) is 0 Å². The second-order valence-electron chi connectivity index (χ2n) is 28.7. The summed E-state index contributed by atoms with van der Waals surface area (Å²) in [4.78, 5) is 78.7. The largest absolute Gasteiger partial charge is 1.00 e. The number of hydrogen-bond donors (Lipinski definition) is 4. The molecule has 0 aliphatic carbocycles. The summed E-state index contributed by atoms with van der Waals surface area (Å²) in [5, 5.41) is 44.9. The molecule has 0 radical (unpaired) electrons. The Morgan fingerprint density at radius 1 is 0.331 bits per heavy atom. The monoisotopic (exact) mass is 1820 g/mol. The second kappa shape index (κ2) is 58.4. The second-order valence-corrected chi connectivity index (χ2v) is 33.7. The molecular weight excluding hydrogens is 1710 g/mol. The number of ketones is 2. The predicted octanol–water partition coefficient (Wildman–Crippen LogP) is 17.3. The van der Waals surface area contributed by atoms with Gasteiger partial charge in [0.05, 0.1) is 5.38 Å². The molecule has 0 saturated carbocycles. The number of carbonyl (C=O) groups is 7. The molecule has 0 spiro atoms. The van der Waals surface area contributed by atoms with Crippen LogP contribution in [0.2, 0.25) is 19.6 Å². The van der Waals surface area contributed by atoms with Crippen molar-refractivity contribution in [3.8, 4) is 113 Å². The Morgan fingerprint density at radius 2 is 0.512 bits per heavy atom. The number of ether oxygens (including phenoxy) is 8. The molecule has 0 amide bonds. The van der Waals surface area contributed by atoms with Crippen LogP contribution in [0.4, 0.5) is 0 Å². The van der Waals surface area contributed by atoms with Gasteiger partial charge in [0.15, 0.2) is 11.9 Å². The maximum atomic E-state index is 11.6. The molecule has 10 rings (SSSR count). The minimum absolute atomic E-state index is 0. The number of carbonyl (C=O) groups excluding carboxylic acids is 7. The van der Waals surface area contributed by atoms with E-state index >= 15 is 0 Å². The van der Waals surface area contributed by atoms with Gasteiger partial charge in [0.2, 0.25) is 8.32 Å². The number of benzene rings is 10. The van der Waals surface area contributed by atoms with Gasteiger partial charge in [0, 0.05) is 22.3 Å². The number of rotatable bonds is 26. The maximum Gasteiger partial charge on any atom is 1.00 e. The molecule has 660 valence electrons. The Morgan fingerprint density at radius 3 is 0.685 bits per heavy atom. The Hall–Kier alpha value is -11.0. The fourth-order valence-corrected chi connectivity index (χ4v) is 10.5. The van der Waals surface area contributed by atoms with Crippen LogP contribution in [0.5, 0.6) is 57.5 Å². The summed E-state index contributed by atoms with van der Waals surface area (Å²) in [5.41, 5.74) is 11.4. The molecule has 0 fully saturated rings.